The molecule has 2 atom stereocenters. The molecule has 0 aromatic rings. The molecular weight excluding hydrogens is 260 g/mol. The van der Waals surface area contributed by atoms with E-state index in [2.05, 4.69) is 13.8 Å². The van der Waals surface area contributed by atoms with E-state index in [9.17, 15) is 9.90 Å². The van der Waals surface area contributed by atoms with E-state index in [0.29, 0.717) is 31.6 Å². The predicted molar refractivity (Wildman–Crippen MR) is 70.9 cm³/mol. The average molecular weight is 282 g/mol. The van der Waals surface area contributed by atoms with Crippen LogP contribution < -0.4 is 0 Å². The van der Waals surface area contributed by atoms with Crippen LogP contribution in [0.2, 0.25) is 0 Å². The number of carbonyl (C=O) groups is 1. The molecule has 1 heterocycles. The number of esters is 1. The topological polar surface area (TPSA) is 65.0 Å². The maximum atomic E-state index is 11.8. The van der Waals surface area contributed by atoms with E-state index in [1.54, 1.807) is 0 Å². The molecule has 0 aromatic carbocycles. The second-order valence-electron chi connectivity index (χ2n) is 6.98. The van der Waals surface area contributed by atoms with Crippen molar-refractivity contribution in [2.75, 3.05) is 20.3 Å². The van der Waals surface area contributed by atoms with Crippen molar-refractivity contribution in [3.63, 3.8) is 0 Å². The van der Waals surface area contributed by atoms with Crippen molar-refractivity contribution in [2.24, 2.45) is 17.3 Å². The average Bonchev–Trinajstić information content (AvgIpc) is 2.86. The summed E-state index contributed by atoms with van der Waals surface area (Å²) in [4.78, 5) is 11.8. The second-order valence-corrected chi connectivity index (χ2v) is 6.98. The molecule has 1 aliphatic heterocycles. The summed E-state index contributed by atoms with van der Waals surface area (Å²) in [6.45, 7) is 5.55. The van der Waals surface area contributed by atoms with Crippen LogP contribution in [0, 0.1) is 17.3 Å². The standard InChI is InChI=1S/C15H22O5/c1-14(2)7-19-15(20-8-14)5-9-4-11(16)12(10(9)6-15)13(17)18-3/h9-10,16H,4-8H2,1-3H3/t9-,10+/m0/s1. The van der Waals surface area contributed by atoms with Gasteiger partial charge in [-0.2, -0.15) is 0 Å². The summed E-state index contributed by atoms with van der Waals surface area (Å²) in [5.74, 6) is -0.625. The van der Waals surface area contributed by atoms with Gasteiger partial charge in [-0.1, -0.05) is 13.8 Å². The molecule has 1 spiro atoms. The number of fused-ring (bicyclic) bond motifs is 1. The Morgan fingerprint density at radius 1 is 1.30 bits per heavy atom. The summed E-state index contributed by atoms with van der Waals surface area (Å²) in [5, 5.41) is 9.96. The molecule has 112 valence electrons. The number of allylic oxidation sites excluding steroid dienone is 1. The molecule has 3 aliphatic rings. The van der Waals surface area contributed by atoms with Crippen molar-refractivity contribution < 1.29 is 24.1 Å². The number of ether oxygens (including phenoxy) is 3. The second kappa shape index (κ2) is 4.46. The number of hydrogen-bond donors (Lipinski definition) is 1. The summed E-state index contributed by atoms with van der Waals surface area (Å²) >= 11 is 0. The van der Waals surface area contributed by atoms with E-state index < -0.39 is 11.8 Å². The van der Waals surface area contributed by atoms with Gasteiger partial charge in [0.05, 0.1) is 25.9 Å². The first-order chi connectivity index (χ1) is 9.36. The lowest BCUT2D eigenvalue weighted by molar-refractivity contribution is -0.296. The maximum Gasteiger partial charge on any atom is 0.337 e. The van der Waals surface area contributed by atoms with Crippen molar-refractivity contribution >= 4 is 5.97 Å². The summed E-state index contributed by atoms with van der Waals surface area (Å²) < 4.78 is 16.8. The molecule has 0 unspecified atom stereocenters. The molecule has 20 heavy (non-hydrogen) atoms. The quantitative estimate of drug-likeness (QED) is 0.747. The number of hydrogen-bond acceptors (Lipinski definition) is 5. The third-order valence-electron chi connectivity index (χ3n) is 4.67. The van der Waals surface area contributed by atoms with E-state index >= 15 is 0 Å². The van der Waals surface area contributed by atoms with Crippen LogP contribution >= 0.6 is 0 Å². The van der Waals surface area contributed by atoms with Crippen LogP contribution in [0.1, 0.15) is 33.1 Å². The van der Waals surface area contributed by atoms with E-state index in [4.69, 9.17) is 14.2 Å². The lowest BCUT2D eigenvalue weighted by Gasteiger charge is -2.42. The normalized spacial score (nSPS) is 34.4. The number of carbonyl (C=O) groups excluding carboxylic acids is 1. The summed E-state index contributed by atoms with van der Waals surface area (Å²) in [6, 6.07) is 0. The first-order valence-electron chi connectivity index (χ1n) is 7.14. The Kier molecular flexibility index (Phi) is 3.10. The number of aliphatic hydroxyl groups is 1. The Morgan fingerprint density at radius 3 is 2.55 bits per heavy atom. The highest BCUT2D eigenvalue weighted by molar-refractivity contribution is 5.90. The Morgan fingerprint density at radius 2 is 1.95 bits per heavy atom. The zero-order valence-corrected chi connectivity index (χ0v) is 12.3. The molecule has 0 radical (unpaired) electrons. The minimum absolute atomic E-state index is 0.0105. The molecule has 2 fully saturated rings. The van der Waals surface area contributed by atoms with Crippen LogP contribution in [0.15, 0.2) is 11.3 Å². The minimum atomic E-state index is -0.579. The SMILES string of the molecule is COC(=O)C1=C(O)C[C@H]2CC3(C[C@@H]12)OCC(C)(C)CO3. The van der Waals surface area contributed by atoms with Gasteiger partial charge in [0, 0.05) is 30.6 Å². The molecule has 5 nitrogen and oxygen atoms in total. The Hall–Kier alpha value is -1.07. The third-order valence-corrected chi connectivity index (χ3v) is 4.67. The molecule has 0 aromatic heterocycles. The Bertz CT molecular complexity index is 455. The maximum absolute atomic E-state index is 11.8. The fraction of sp³-hybridized carbons (Fsp3) is 0.800. The molecule has 2 aliphatic carbocycles. The van der Waals surface area contributed by atoms with Crippen molar-refractivity contribution in [3.8, 4) is 0 Å². The van der Waals surface area contributed by atoms with Crippen molar-refractivity contribution in [1.29, 1.82) is 0 Å². The highest BCUT2D eigenvalue weighted by Crippen LogP contribution is 2.54. The Labute approximate surface area is 118 Å². The van der Waals surface area contributed by atoms with Gasteiger partial charge in [0.2, 0.25) is 0 Å². The van der Waals surface area contributed by atoms with Crippen LogP contribution in [0.4, 0.5) is 0 Å². The largest absolute Gasteiger partial charge is 0.512 e. The van der Waals surface area contributed by atoms with Gasteiger partial charge in [-0.15, -0.1) is 0 Å². The molecule has 1 N–H and O–H groups in total. The zero-order valence-electron chi connectivity index (χ0n) is 12.3. The first-order valence-corrected chi connectivity index (χ1v) is 7.14. The smallest absolute Gasteiger partial charge is 0.337 e. The summed E-state index contributed by atoms with van der Waals surface area (Å²) in [5.41, 5.74) is 0.456. The molecule has 3 rings (SSSR count). The Balaban J connectivity index is 1.77. The van der Waals surface area contributed by atoms with E-state index in [1.165, 1.54) is 7.11 Å². The zero-order chi connectivity index (χ0) is 14.5. The number of aliphatic hydroxyl groups excluding tert-OH is 1. The molecule has 0 amide bonds. The molecule has 5 heteroatoms. The summed E-state index contributed by atoms with van der Waals surface area (Å²) in [6.07, 6.45) is 1.88. The van der Waals surface area contributed by atoms with Gasteiger partial charge in [-0.25, -0.2) is 4.79 Å². The van der Waals surface area contributed by atoms with Gasteiger partial charge in [0.1, 0.15) is 5.76 Å². The lowest BCUT2D eigenvalue weighted by Crippen LogP contribution is -2.46. The number of methoxy groups -OCH3 is 1. The van der Waals surface area contributed by atoms with Gasteiger partial charge in [0.15, 0.2) is 5.79 Å². The van der Waals surface area contributed by atoms with Gasteiger partial charge in [-0.05, 0) is 5.92 Å². The van der Waals surface area contributed by atoms with Crippen molar-refractivity contribution in [1.82, 2.24) is 0 Å². The fourth-order valence-corrected chi connectivity index (χ4v) is 3.60. The van der Waals surface area contributed by atoms with Gasteiger partial charge in [0.25, 0.3) is 0 Å². The number of rotatable bonds is 1. The van der Waals surface area contributed by atoms with Gasteiger partial charge >= 0.3 is 5.97 Å². The highest BCUT2D eigenvalue weighted by Gasteiger charge is 2.55. The molecular formula is C15H22O5. The minimum Gasteiger partial charge on any atom is -0.512 e. The van der Waals surface area contributed by atoms with Crippen LogP contribution in [-0.2, 0) is 19.0 Å². The first kappa shape index (κ1) is 13.9. The third kappa shape index (κ3) is 2.13. The molecule has 1 saturated heterocycles. The van der Waals surface area contributed by atoms with Crippen molar-refractivity contribution in [3.05, 3.63) is 11.3 Å². The molecule has 1 saturated carbocycles. The van der Waals surface area contributed by atoms with Crippen LogP contribution in [-0.4, -0.2) is 37.2 Å². The van der Waals surface area contributed by atoms with E-state index in [1.807, 2.05) is 0 Å². The van der Waals surface area contributed by atoms with E-state index in [-0.39, 0.29) is 23.0 Å². The fourth-order valence-electron chi connectivity index (χ4n) is 3.60. The van der Waals surface area contributed by atoms with Crippen molar-refractivity contribution in [2.45, 2.75) is 38.9 Å². The monoisotopic (exact) mass is 282 g/mol. The van der Waals surface area contributed by atoms with E-state index in [0.717, 1.165) is 6.42 Å². The van der Waals surface area contributed by atoms with Gasteiger partial charge in [-0.3, -0.25) is 0 Å². The van der Waals surface area contributed by atoms with Gasteiger partial charge < -0.3 is 19.3 Å². The summed E-state index contributed by atoms with van der Waals surface area (Å²) in [7, 11) is 1.34. The van der Waals surface area contributed by atoms with Crippen LogP contribution in [0.5, 0.6) is 0 Å². The molecule has 0 bridgehead atoms. The highest BCUT2D eigenvalue weighted by atomic mass is 16.7. The lowest BCUT2D eigenvalue weighted by atomic mass is 9.93. The van der Waals surface area contributed by atoms with Crippen LogP contribution in [0.3, 0.4) is 0 Å². The van der Waals surface area contributed by atoms with Crippen LogP contribution in [0.25, 0.3) is 0 Å². The predicted octanol–water partition coefficient (Wildman–Crippen LogP) is 2.17.